The van der Waals surface area contributed by atoms with Crippen LogP contribution in [0.2, 0.25) is 5.02 Å². The van der Waals surface area contributed by atoms with Crippen LogP contribution in [0, 0.1) is 0 Å². The first-order valence-electron chi connectivity index (χ1n) is 8.16. The number of hydrogen-bond acceptors (Lipinski definition) is 8. The van der Waals surface area contributed by atoms with Gasteiger partial charge in [0, 0.05) is 28.3 Å². The quantitative estimate of drug-likeness (QED) is 0.364. The molecule has 4 aromatic rings. The van der Waals surface area contributed by atoms with E-state index in [2.05, 4.69) is 10.2 Å². The molecule has 9 heteroatoms. The average molecular weight is 417 g/mol. The summed E-state index contributed by atoms with van der Waals surface area (Å²) in [6.07, 6.45) is 0. The van der Waals surface area contributed by atoms with E-state index in [-0.39, 0.29) is 12.4 Å². The molecule has 0 bridgehead atoms. The van der Waals surface area contributed by atoms with Gasteiger partial charge in [-0.3, -0.25) is 0 Å². The van der Waals surface area contributed by atoms with Gasteiger partial charge in [0.05, 0.1) is 0 Å². The van der Waals surface area contributed by atoms with Crippen LogP contribution >= 0.6 is 23.4 Å². The van der Waals surface area contributed by atoms with Gasteiger partial charge in [0.1, 0.15) is 17.1 Å². The molecule has 0 unspecified atom stereocenters. The van der Waals surface area contributed by atoms with E-state index >= 15 is 0 Å². The Balaban J connectivity index is 1.43. The molecule has 2 aromatic carbocycles. The van der Waals surface area contributed by atoms with E-state index in [0.29, 0.717) is 33.2 Å². The Morgan fingerprint density at radius 2 is 1.89 bits per heavy atom. The molecule has 1 N–H and O–H groups in total. The third kappa shape index (κ3) is 4.29. The van der Waals surface area contributed by atoms with Crippen molar-refractivity contribution < 1.29 is 18.7 Å². The number of fused-ring (bicyclic) bond motifs is 1. The monoisotopic (exact) mass is 416 g/mol. The van der Waals surface area contributed by atoms with Gasteiger partial charge in [-0.15, -0.1) is 10.2 Å². The highest BCUT2D eigenvalue weighted by molar-refractivity contribution is 7.98. The average Bonchev–Trinajstić information content (AvgIpc) is 3.13. The van der Waals surface area contributed by atoms with E-state index in [1.807, 2.05) is 0 Å². The minimum Gasteiger partial charge on any atom is -0.508 e. The Kier molecular flexibility index (Phi) is 5.23. The van der Waals surface area contributed by atoms with Crippen LogP contribution in [0.15, 0.2) is 67.4 Å². The molecule has 0 aliphatic carbocycles. The molecule has 0 fully saturated rings. The molecule has 0 saturated heterocycles. The van der Waals surface area contributed by atoms with E-state index in [1.165, 1.54) is 30.0 Å². The number of aromatic hydroxyl groups is 1. The maximum Gasteiger partial charge on any atom is 0.336 e. The Hall–Kier alpha value is -2.97. The van der Waals surface area contributed by atoms with Gasteiger partial charge in [-0.25, -0.2) is 4.79 Å². The summed E-state index contributed by atoms with van der Waals surface area (Å²) < 4.78 is 16.2. The van der Waals surface area contributed by atoms with Gasteiger partial charge >= 0.3 is 5.63 Å². The predicted molar refractivity (Wildman–Crippen MR) is 104 cm³/mol. The van der Waals surface area contributed by atoms with Crippen molar-refractivity contribution in [1.29, 1.82) is 0 Å². The SMILES string of the molecule is O=c1cc(CSc2nnc(COc3ccc(Cl)cc3)o2)c2ccc(O)cc2o1. The van der Waals surface area contributed by atoms with Crippen molar-refractivity contribution in [2.75, 3.05) is 0 Å². The van der Waals surface area contributed by atoms with Crippen LogP contribution < -0.4 is 10.4 Å². The lowest BCUT2D eigenvalue weighted by Gasteiger charge is -2.04. The van der Waals surface area contributed by atoms with E-state index in [9.17, 15) is 9.90 Å². The number of aromatic nitrogens is 2. The zero-order valence-corrected chi connectivity index (χ0v) is 15.9. The summed E-state index contributed by atoms with van der Waals surface area (Å²) in [5, 5.41) is 19.2. The summed E-state index contributed by atoms with van der Waals surface area (Å²) in [6.45, 7) is 0.131. The fraction of sp³-hybridized carbons (Fsp3) is 0.105. The second-order valence-electron chi connectivity index (χ2n) is 5.76. The molecule has 0 atom stereocenters. The van der Waals surface area contributed by atoms with Crippen molar-refractivity contribution in [3.63, 3.8) is 0 Å². The molecule has 4 rings (SSSR count). The molecular formula is C19H13ClN2O5S. The Morgan fingerprint density at radius 3 is 2.71 bits per heavy atom. The van der Waals surface area contributed by atoms with Crippen LogP contribution in [-0.4, -0.2) is 15.3 Å². The van der Waals surface area contributed by atoms with Gasteiger partial charge in [0.15, 0.2) is 6.61 Å². The summed E-state index contributed by atoms with van der Waals surface area (Å²) in [6, 6.07) is 13.0. The molecule has 142 valence electrons. The van der Waals surface area contributed by atoms with Crippen LogP contribution in [0.5, 0.6) is 11.5 Å². The lowest BCUT2D eigenvalue weighted by molar-refractivity contribution is 0.252. The third-order valence-electron chi connectivity index (χ3n) is 3.79. The molecule has 0 aliphatic heterocycles. The zero-order chi connectivity index (χ0) is 19.5. The summed E-state index contributed by atoms with van der Waals surface area (Å²) in [5.74, 6) is 1.43. The summed E-state index contributed by atoms with van der Waals surface area (Å²) in [5.41, 5.74) is 0.579. The first-order valence-corrected chi connectivity index (χ1v) is 9.52. The molecule has 0 aliphatic rings. The maximum atomic E-state index is 11.7. The van der Waals surface area contributed by atoms with Crippen molar-refractivity contribution in [2.24, 2.45) is 0 Å². The summed E-state index contributed by atoms with van der Waals surface area (Å²) in [4.78, 5) is 11.7. The lowest BCUT2D eigenvalue weighted by Crippen LogP contribution is -1.99. The first-order chi connectivity index (χ1) is 13.6. The highest BCUT2D eigenvalue weighted by Crippen LogP contribution is 2.27. The molecule has 0 spiro atoms. The minimum atomic E-state index is -0.490. The van der Waals surface area contributed by atoms with Crippen molar-refractivity contribution in [2.45, 2.75) is 17.6 Å². The number of nitrogens with zero attached hydrogens (tertiary/aromatic N) is 2. The van der Waals surface area contributed by atoms with Gasteiger partial charge in [-0.2, -0.15) is 0 Å². The molecule has 0 saturated carbocycles. The van der Waals surface area contributed by atoms with Crippen molar-refractivity contribution in [3.05, 3.63) is 75.4 Å². The van der Waals surface area contributed by atoms with Crippen LogP contribution in [0.4, 0.5) is 0 Å². The van der Waals surface area contributed by atoms with Gasteiger partial charge in [0.2, 0.25) is 0 Å². The molecule has 0 amide bonds. The number of rotatable bonds is 6. The molecule has 0 radical (unpaired) electrons. The highest BCUT2D eigenvalue weighted by atomic mass is 35.5. The van der Waals surface area contributed by atoms with Gasteiger partial charge in [0.25, 0.3) is 11.1 Å². The number of hydrogen-bond donors (Lipinski definition) is 1. The van der Waals surface area contributed by atoms with Crippen molar-refractivity contribution in [3.8, 4) is 11.5 Å². The topological polar surface area (TPSA) is 98.6 Å². The highest BCUT2D eigenvalue weighted by Gasteiger charge is 2.11. The van der Waals surface area contributed by atoms with Gasteiger partial charge in [-0.1, -0.05) is 23.4 Å². The first kappa shape index (κ1) is 18.4. The number of halogens is 1. The minimum absolute atomic E-state index is 0.0303. The van der Waals surface area contributed by atoms with Crippen molar-refractivity contribution in [1.82, 2.24) is 10.2 Å². The number of phenolic OH excluding ortho intramolecular Hbond substituents is 1. The normalized spacial score (nSPS) is 11.0. The maximum absolute atomic E-state index is 11.7. The largest absolute Gasteiger partial charge is 0.508 e. The van der Waals surface area contributed by atoms with E-state index in [0.717, 1.165) is 10.9 Å². The Morgan fingerprint density at radius 1 is 1.07 bits per heavy atom. The van der Waals surface area contributed by atoms with E-state index in [4.69, 9.17) is 25.2 Å². The molecule has 7 nitrogen and oxygen atoms in total. The second-order valence-corrected chi connectivity index (χ2v) is 7.13. The van der Waals surface area contributed by atoms with Gasteiger partial charge < -0.3 is 18.7 Å². The molecular weight excluding hydrogens is 404 g/mol. The van der Waals surface area contributed by atoms with Gasteiger partial charge in [-0.05, 0) is 42.0 Å². The number of benzene rings is 2. The third-order valence-corrected chi connectivity index (χ3v) is 4.91. The Bertz CT molecular complexity index is 1170. The van der Waals surface area contributed by atoms with Crippen LogP contribution in [0.1, 0.15) is 11.5 Å². The molecule has 2 heterocycles. The predicted octanol–water partition coefficient (Wildman–Crippen LogP) is 4.41. The van der Waals surface area contributed by atoms with Crippen LogP contribution in [-0.2, 0) is 12.4 Å². The molecule has 2 aromatic heterocycles. The fourth-order valence-corrected chi connectivity index (χ4v) is 3.41. The summed E-state index contributed by atoms with van der Waals surface area (Å²) >= 11 is 7.12. The van der Waals surface area contributed by atoms with Crippen molar-refractivity contribution >= 4 is 34.3 Å². The second kappa shape index (κ2) is 7.95. The molecule has 28 heavy (non-hydrogen) atoms. The van der Waals surface area contributed by atoms with Crippen LogP contribution in [0.3, 0.4) is 0 Å². The Labute approximate surface area is 167 Å². The zero-order valence-electron chi connectivity index (χ0n) is 14.3. The number of ether oxygens (including phenoxy) is 1. The number of thioether (sulfide) groups is 1. The fourth-order valence-electron chi connectivity index (χ4n) is 2.51. The number of phenols is 1. The van der Waals surface area contributed by atoms with Crippen LogP contribution in [0.25, 0.3) is 11.0 Å². The lowest BCUT2D eigenvalue weighted by atomic mass is 10.1. The van der Waals surface area contributed by atoms with E-state index < -0.39 is 5.63 Å². The standard InChI is InChI=1S/C19H13ClN2O5S/c20-12-1-4-14(5-2-12)25-9-17-21-22-19(27-17)28-10-11-7-18(24)26-16-8-13(23)3-6-15(11)16/h1-8,23H,9-10H2. The summed E-state index contributed by atoms with van der Waals surface area (Å²) in [7, 11) is 0. The van der Waals surface area contributed by atoms with E-state index in [1.54, 1.807) is 30.3 Å². The smallest absolute Gasteiger partial charge is 0.336 e.